The van der Waals surface area contributed by atoms with Crippen molar-refractivity contribution in [2.45, 2.75) is 25.3 Å². The Morgan fingerprint density at radius 2 is 1.79 bits per heavy atom. The third-order valence-electron chi connectivity index (χ3n) is 5.05. The first-order chi connectivity index (χ1) is 16.1. The number of furan rings is 1. The second-order valence-corrected chi connectivity index (χ2v) is 9.63. The van der Waals surface area contributed by atoms with Gasteiger partial charge in [-0.05, 0) is 66.9 Å². The average Bonchev–Trinajstić information content (AvgIpc) is 3.32. The van der Waals surface area contributed by atoms with Gasteiger partial charge in [0.25, 0.3) is 0 Å². The van der Waals surface area contributed by atoms with Crippen LogP contribution in [0.3, 0.4) is 0 Å². The molecule has 0 saturated carbocycles. The summed E-state index contributed by atoms with van der Waals surface area (Å²) in [4.78, 5) is 26.1. The van der Waals surface area contributed by atoms with E-state index in [0.717, 1.165) is 16.8 Å². The van der Waals surface area contributed by atoms with Crippen LogP contribution in [0.4, 0.5) is 5.69 Å². The summed E-state index contributed by atoms with van der Waals surface area (Å²) in [7, 11) is -2.16. The number of carbonyl (C=O) groups excluding carboxylic acids is 2. The zero-order chi connectivity index (χ0) is 24.7. The van der Waals surface area contributed by atoms with E-state index in [4.69, 9.17) is 4.42 Å². The predicted molar refractivity (Wildman–Crippen MR) is 130 cm³/mol. The number of anilines is 1. The van der Waals surface area contributed by atoms with Crippen LogP contribution in [0.2, 0.25) is 0 Å². The Kier molecular flexibility index (Phi) is 8.04. The summed E-state index contributed by atoms with van der Waals surface area (Å²) in [5, 5.41) is 2.82. The number of benzene rings is 2. The van der Waals surface area contributed by atoms with Gasteiger partial charge in [0.1, 0.15) is 5.76 Å². The number of aryl methyl sites for hydroxylation is 2. The van der Waals surface area contributed by atoms with E-state index in [-0.39, 0.29) is 29.8 Å². The van der Waals surface area contributed by atoms with Crippen molar-refractivity contribution < 1.29 is 22.4 Å². The zero-order valence-corrected chi connectivity index (χ0v) is 20.1. The molecule has 1 aromatic heterocycles. The van der Waals surface area contributed by atoms with Gasteiger partial charge in [-0.1, -0.05) is 24.3 Å². The minimum absolute atomic E-state index is 0.0504. The van der Waals surface area contributed by atoms with E-state index >= 15 is 0 Å². The highest BCUT2D eigenvalue weighted by Gasteiger charge is 2.14. The molecule has 178 valence electrons. The lowest BCUT2D eigenvalue weighted by molar-refractivity contribution is -0.129. The molecule has 0 fully saturated rings. The summed E-state index contributed by atoms with van der Waals surface area (Å²) in [6, 6.07) is 15.2. The topological polar surface area (TPSA) is 109 Å². The molecule has 0 unspecified atom stereocenters. The van der Waals surface area contributed by atoms with E-state index < -0.39 is 10.0 Å². The maximum Gasteiger partial charge on any atom is 0.246 e. The zero-order valence-electron chi connectivity index (χ0n) is 19.2. The van der Waals surface area contributed by atoms with Crippen molar-refractivity contribution in [2.24, 2.45) is 0 Å². The molecule has 2 aromatic carbocycles. The molecule has 9 heteroatoms. The molecule has 0 radical (unpaired) electrons. The summed E-state index contributed by atoms with van der Waals surface area (Å²) in [6.45, 7) is 3.79. The summed E-state index contributed by atoms with van der Waals surface area (Å²) in [5.74, 6) is -0.143. The van der Waals surface area contributed by atoms with Gasteiger partial charge in [-0.15, -0.1) is 0 Å². The Bertz CT molecular complexity index is 1280. The van der Waals surface area contributed by atoms with Crippen LogP contribution in [-0.4, -0.2) is 38.7 Å². The van der Waals surface area contributed by atoms with Crippen molar-refractivity contribution in [3.63, 3.8) is 0 Å². The number of sulfonamides is 1. The van der Waals surface area contributed by atoms with Crippen molar-refractivity contribution >= 4 is 33.6 Å². The van der Waals surface area contributed by atoms with Crippen LogP contribution in [-0.2, 0) is 26.2 Å². The first-order valence-corrected chi connectivity index (χ1v) is 12.0. The maximum atomic E-state index is 12.4. The van der Waals surface area contributed by atoms with E-state index in [0.29, 0.717) is 11.3 Å². The molecule has 2 amide bonds. The number of hydrogen-bond acceptors (Lipinski definition) is 5. The number of nitrogens with zero attached hydrogens (tertiary/aromatic N) is 1. The highest BCUT2D eigenvalue weighted by molar-refractivity contribution is 7.89. The standard InChI is InChI=1S/C25H27N3O5S/c1-18-6-7-19(2)23(15-18)27-24(29)17-28(3)25(30)13-10-20-8-11-22(12-9-20)34(31,32)26-16-21-5-4-14-33-21/h4-15,26H,16-17H2,1-3H3,(H,27,29)/b13-10+. The SMILES string of the molecule is Cc1ccc(C)c(NC(=O)CN(C)C(=O)/C=C/c2ccc(S(=O)(=O)NCc3ccco3)cc2)c1. The van der Waals surface area contributed by atoms with Gasteiger partial charge in [-0.3, -0.25) is 9.59 Å². The highest BCUT2D eigenvalue weighted by atomic mass is 32.2. The Morgan fingerprint density at radius 1 is 1.06 bits per heavy atom. The summed E-state index contributed by atoms with van der Waals surface area (Å²) < 4.78 is 32.4. The van der Waals surface area contributed by atoms with Crippen LogP contribution in [0.5, 0.6) is 0 Å². The van der Waals surface area contributed by atoms with Crippen molar-refractivity contribution in [3.05, 3.63) is 89.4 Å². The minimum atomic E-state index is -3.70. The molecule has 0 aliphatic carbocycles. The number of hydrogen-bond donors (Lipinski definition) is 2. The Balaban J connectivity index is 1.54. The lowest BCUT2D eigenvalue weighted by Crippen LogP contribution is -2.34. The fourth-order valence-electron chi connectivity index (χ4n) is 3.07. The molecule has 3 aromatic rings. The molecule has 2 N–H and O–H groups in total. The Labute approximate surface area is 199 Å². The van der Waals surface area contributed by atoms with Crippen LogP contribution >= 0.6 is 0 Å². The van der Waals surface area contributed by atoms with Crippen LogP contribution in [0.25, 0.3) is 6.08 Å². The van der Waals surface area contributed by atoms with Gasteiger partial charge in [0.15, 0.2) is 0 Å². The van der Waals surface area contributed by atoms with Crippen molar-refractivity contribution in [1.29, 1.82) is 0 Å². The number of amides is 2. The second-order valence-electron chi connectivity index (χ2n) is 7.87. The molecular formula is C25H27N3O5S. The molecule has 0 bridgehead atoms. The van der Waals surface area contributed by atoms with E-state index in [1.165, 1.54) is 36.4 Å². The molecule has 0 aliphatic rings. The maximum absolute atomic E-state index is 12.4. The smallest absolute Gasteiger partial charge is 0.246 e. The predicted octanol–water partition coefficient (Wildman–Crippen LogP) is 3.49. The first-order valence-electron chi connectivity index (χ1n) is 10.6. The van der Waals surface area contributed by atoms with Crippen molar-refractivity contribution in [3.8, 4) is 0 Å². The normalized spacial score (nSPS) is 11.5. The molecule has 1 heterocycles. The number of nitrogens with one attached hydrogen (secondary N) is 2. The van der Waals surface area contributed by atoms with Gasteiger partial charge in [-0.25, -0.2) is 13.1 Å². The summed E-state index contributed by atoms with van der Waals surface area (Å²) >= 11 is 0. The average molecular weight is 482 g/mol. The van der Waals surface area contributed by atoms with Gasteiger partial charge < -0.3 is 14.6 Å². The molecular weight excluding hydrogens is 454 g/mol. The Morgan fingerprint density at radius 3 is 2.47 bits per heavy atom. The number of rotatable bonds is 9. The lowest BCUT2D eigenvalue weighted by Gasteiger charge is -2.16. The molecule has 3 rings (SSSR count). The summed E-state index contributed by atoms with van der Waals surface area (Å²) in [5.41, 5.74) is 3.33. The first kappa shape index (κ1) is 24.9. The van der Waals surface area contributed by atoms with Crippen molar-refractivity contribution in [1.82, 2.24) is 9.62 Å². The van der Waals surface area contributed by atoms with Crippen LogP contribution in [0.1, 0.15) is 22.5 Å². The molecule has 0 saturated heterocycles. The second kappa shape index (κ2) is 11.0. The number of carbonyl (C=O) groups is 2. The van der Waals surface area contributed by atoms with Crippen LogP contribution in [0, 0.1) is 13.8 Å². The van der Waals surface area contributed by atoms with Crippen LogP contribution in [0.15, 0.2) is 76.2 Å². The van der Waals surface area contributed by atoms with Gasteiger partial charge in [0.2, 0.25) is 21.8 Å². The van der Waals surface area contributed by atoms with Gasteiger partial charge in [0.05, 0.1) is 24.2 Å². The fourth-order valence-corrected chi connectivity index (χ4v) is 4.06. The summed E-state index contributed by atoms with van der Waals surface area (Å²) in [6.07, 6.45) is 4.37. The largest absolute Gasteiger partial charge is 0.468 e. The van der Waals surface area contributed by atoms with Gasteiger partial charge >= 0.3 is 0 Å². The minimum Gasteiger partial charge on any atom is -0.468 e. The van der Waals surface area contributed by atoms with Crippen LogP contribution < -0.4 is 10.0 Å². The monoisotopic (exact) mass is 481 g/mol. The van der Waals surface area contributed by atoms with E-state index in [1.807, 2.05) is 32.0 Å². The van der Waals surface area contributed by atoms with E-state index in [2.05, 4.69) is 10.0 Å². The quantitative estimate of drug-likeness (QED) is 0.455. The molecule has 8 nitrogen and oxygen atoms in total. The third kappa shape index (κ3) is 6.90. The van der Waals surface area contributed by atoms with E-state index in [1.54, 1.807) is 30.3 Å². The Hall–Kier alpha value is -3.69. The third-order valence-corrected chi connectivity index (χ3v) is 6.47. The van der Waals surface area contributed by atoms with Gasteiger partial charge in [-0.2, -0.15) is 0 Å². The van der Waals surface area contributed by atoms with E-state index in [9.17, 15) is 18.0 Å². The lowest BCUT2D eigenvalue weighted by atomic mass is 10.1. The molecule has 0 aliphatic heterocycles. The van der Waals surface area contributed by atoms with Gasteiger partial charge in [0, 0.05) is 18.8 Å². The number of likely N-dealkylation sites (N-methyl/N-ethyl adjacent to an activating group) is 1. The molecule has 0 spiro atoms. The highest BCUT2D eigenvalue weighted by Crippen LogP contribution is 2.16. The van der Waals surface area contributed by atoms with Crippen molar-refractivity contribution in [2.75, 3.05) is 18.9 Å². The fraction of sp³-hybridized carbons (Fsp3) is 0.200. The molecule has 34 heavy (non-hydrogen) atoms. The molecule has 0 atom stereocenters.